The van der Waals surface area contributed by atoms with Crippen molar-refractivity contribution in [2.24, 2.45) is 0 Å². The van der Waals surface area contributed by atoms with Gasteiger partial charge in [-0.15, -0.1) is 12.4 Å². The van der Waals surface area contributed by atoms with Gasteiger partial charge in [0.05, 0.1) is 5.69 Å². The predicted molar refractivity (Wildman–Crippen MR) is 72.8 cm³/mol. The summed E-state index contributed by atoms with van der Waals surface area (Å²) in [7, 11) is 0. The fourth-order valence-electron chi connectivity index (χ4n) is 2.36. The van der Waals surface area contributed by atoms with Gasteiger partial charge in [0, 0.05) is 50.5 Å². The van der Waals surface area contributed by atoms with Gasteiger partial charge < -0.3 is 5.32 Å². The summed E-state index contributed by atoms with van der Waals surface area (Å²) >= 11 is 0. The van der Waals surface area contributed by atoms with Crippen LogP contribution in [0.25, 0.3) is 0 Å². The van der Waals surface area contributed by atoms with Gasteiger partial charge in [-0.3, -0.25) is 9.58 Å². The minimum Gasteiger partial charge on any atom is -0.314 e. The van der Waals surface area contributed by atoms with E-state index in [2.05, 4.69) is 40.8 Å². The molecular formula is C12H23ClN4. The summed E-state index contributed by atoms with van der Waals surface area (Å²) in [4.78, 5) is 2.51. The van der Waals surface area contributed by atoms with E-state index in [4.69, 9.17) is 0 Å². The number of piperazine rings is 1. The lowest BCUT2D eigenvalue weighted by molar-refractivity contribution is 0.232. The number of halogens is 1. The Kier molecular flexibility index (Phi) is 5.43. The molecule has 0 aromatic carbocycles. The van der Waals surface area contributed by atoms with Gasteiger partial charge in [0.2, 0.25) is 0 Å². The summed E-state index contributed by atoms with van der Waals surface area (Å²) in [5, 5.41) is 7.95. The molecule has 1 fully saturated rings. The van der Waals surface area contributed by atoms with Crippen LogP contribution in [0.4, 0.5) is 0 Å². The lowest BCUT2D eigenvalue weighted by atomic mass is 10.1. The Morgan fingerprint density at radius 1 is 1.24 bits per heavy atom. The maximum absolute atomic E-state index is 4.57. The van der Waals surface area contributed by atoms with Gasteiger partial charge in [-0.05, 0) is 20.8 Å². The highest BCUT2D eigenvalue weighted by molar-refractivity contribution is 5.85. The van der Waals surface area contributed by atoms with E-state index < -0.39 is 0 Å². The van der Waals surface area contributed by atoms with Crippen LogP contribution in [0.3, 0.4) is 0 Å². The van der Waals surface area contributed by atoms with Crippen molar-refractivity contribution in [1.82, 2.24) is 20.0 Å². The summed E-state index contributed by atoms with van der Waals surface area (Å²) in [6, 6.07) is 0. The Hall–Kier alpha value is -0.580. The maximum Gasteiger partial charge on any atom is 0.0641 e. The smallest absolute Gasteiger partial charge is 0.0641 e. The Morgan fingerprint density at radius 3 is 2.41 bits per heavy atom. The molecule has 0 bridgehead atoms. The number of aryl methyl sites for hydroxylation is 2. The molecule has 17 heavy (non-hydrogen) atoms. The second-order valence-corrected chi connectivity index (χ2v) is 4.49. The van der Waals surface area contributed by atoms with E-state index >= 15 is 0 Å². The zero-order chi connectivity index (χ0) is 11.5. The van der Waals surface area contributed by atoms with Crippen LogP contribution < -0.4 is 5.32 Å². The molecule has 1 aromatic rings. The highest BCUT2D eigenvalue weighted by atomic mass is 35.5. The molecule has 0 spiro atoms. The van der Waals surface area contributed by atoms with E-state index in [0.717, 1.165) is 39.3 Å². The molecule has 0 aliphatic carbocycles. The molecule has 98 valence electrons. The highest BCUT2D eigenvalue weighted by Gasteiger charge is 2.15. The van der Waals surface area contributed by atoms with E-state index in [-0.39, 0.29) is 12.4 Å². The second-order valence-electron chi connectivity index (χ2n) is 4.49. The summed E-state index contributed by atoms with van der Waals surface area (Å²) in [6.45, 7) is 13.0. The SMILES string of the molecule is CCn1nc(C)c(CN2CCNCC2)c1C.Cl. The molecule has 2 heterocycles. The van der Waals surface area contributed by atoms with Crippen molar-refractivity contribution >= 4 is 12.4 Å². The fraction of sp³-hybridized carbons (Fsp3) is 0.750. The van der Waals surface area contributed by atoms with Crippen LogP contribution in [0.2, 0.25) is 0 Å². The first-order chi connectivity index (χ1) is 7.72. The predicted octanol–water partition coefficient (Wildman–Crippen LogP) is 1.35. The molecule has 2 rings (SSSR count). The number of nitrogens with zero attached hydrogens (tertiary/aromatic N) is 3. The lowest BCUT2D eigenvalue weighted by Gasteiger charge is -2.27. The van der Waals surface area contributed by atoms with Crippen LogP contribution in [0, 0.1) is 13.8 Å². The first kappa shape index (κ1) is 14.5. The molecule has 0 radical (unpaired) electrons. The van der Waals surface area contributed by atoms with Gasteiger partial charge in [0.25, 0.3) is 0 Å². The van der Waals surface area contributed by atoms with Crippen molar-refractivity contribution in [2.75, 3.05) is 26.2 Å². The van der Waals surface area contributed by atoms with Crippen molar-refractivity contribution in [2.45, 2.75) is 33.9 Å². The van der Waals surface area contributed by atoms with Crippen LogP contribution in [0.5, 0.6) is 0 Å². The van der Waals surface area contributed by atoms with Crippen LogP contribution in [0.1, 0.15) is 23.9 Å². The monoisotopic (exact) mass is 258 g/mol. The minimum atomic E-state index is 0. The molecule has 0 saturated carbocycles. The van der Waals surface area contributed by atoms with Crippen LogP contribution in [-0.4, -0.2) is 40.9 Å². The van der Waals surface area contributed by atoms with Gasteiger partial charge in [-0.25, -0.2) is 0 Å². The summed E-state index contributed by atoms with van der Waals surface area (Å²) in [5.74, 6) is 0. The van der Waals surface area contributed by atoms with Gasteiger partial charge in [-0.2, -0.15) is 5.10 Å². The number of hydrogen-bond acceptors (Lipinski definition) is 3. The van der Waals surface area contributed by atoms with Gasteiger partial charge in [-0.1, -0.05) is 0 Å². The quantitative estimate of drug-likeness (QED) is 0.889. The maximum atomic E-state index is 4.57. The molecule has 0 atom stereocenters. The van der Waals surface area contributed by atoms with E-state index in [0.29, 0.717) is 0 Å². The standard InChI is InChI=1S/C12H22N4.ClH/c1-4-16-11(3)12(10(2)14-16)9-15-7-5-13-6-8-15;/h13H,4-9H2,1-3H3;1H. The van der Waals surface area contributed by atoms with E-state index in [1.165, 1.54) is 17.0 Å². The Bertz CT molecular complexity index is 356. The molecule has 4 nitrogen and oxygen atoms in total. The molecule has 0 amide bonds. The van der Waals surface area contributed by atoms with Crippen molar-refractivity contribution in [3.05, 3.63) is 17.0 Å². The minimum absolute atomic E-state index is 0. The number of rotatable bonds is 3. The molecule has 0 unspecified atom stereocenters. The Balaban J connectivity index is 0.00000144. The van der Waals surface area contributed by atoms with Crippen LogP contribution in [0.15, 0.2) is 0 Å². The van der Waals surface area contributed by atoms with Gasteiger partial charge >= 0.3 is 0 Å². The third kappa shape index (κ3) is 3.21. The first-order valence-electron chi connectivity index (χ1n) is 6.18. The summed E-state index contributed by atoms with van der Waals surface area (Å²) < 4.78 is 2.10. The molecule has 1 aromatic heterocycles. The highest BCUT2D eigenvalue weighted by Crippen LogP contribution is 2.15. The Morgan fingerprint density at radius 2 is 1.88 bits per heavy atom. The van der Waals surface area contributed by atoms with E-state index in [9.17, 15) is 0 Å². The third-order valence-corrected chi connectivity index (χ3v) is 3.42. The summed E-state index contributed by atoms with van der Waals surface area (Å²) in [6.07, 6.45) is 0. The number of hydrogen-bond donors (Lipinski definition) is 1. The van der Waals surface area contributed by atoms with Crippen LogP contribution >= 0.6 is 12.4 Å². The average molecular weight is 259 g/mol. The average Bonchev–Trinajstić information content (AvgIpc) is 2.58. The van der Waals surface area contributed by atoms with Crippen molar-refractivity contribution < 1.29 is 0 Å². The first-order valence-corrected chi connectivity index (χ1v) is 6.18. The molecule has 1 N–H and O–H groups in total. The molecule has 5 heteroatoms. The molecule has 1 saturated heterocycles. The van der Waals surface area contributed by atoms with E-state index in [1.807, 2.05) is 0 Å². The number of aromatic nitrogens is 2. The van der Waals surface area contributed by atoms with Crippen LogP contribution in [-0.2, 0) is 13.1 Å². The number of nitrogens with one attached hydrogen (secondary N) is 1. The zero-order valence-electron chi connectivity index (χ0n) is 11.0. The van der Waals surface area contributed by atoms with Crippen molar-refractivity contribution in [3.8, 4) is 0 Å². The third-order valence-electron chi connectivity index (χ3n) is 3.42. The summed E-state index contributed by atoms with van der Waals surface area (Å²) in [5.41, 5.74) is 3.94. The largest absolute Gasteiger partial charge is 0.314 e. The normalized spacial score (nSPS) is 16.9. The molecular weight excluding hydrogens is 236 g/mol. The lowest BCUT2D eigenvalue weighted by Crippen LogP contribution is -2.43. The second kappa shape index (κ2) is 6.38. The molecule has 1 aliphatic heterocycles. The van der Waals surface area contributed by atoms with Crippen molar-refractivity contribution in [1.29, 1.82) is 0 Å². The zero-order valence-corrected chi connectivity index (χ0v) is 11.8. The van der Waals surface area contributed by atoms with Crippen molar-refractivity contribution in [3.63, 3.8) is 0 Å². The fourth-order valence-corrected chi connectivity index (χ4v) is 2.36. The topological polar surface area (TPSA) is 33.1 Å². The van der Waals surface area contributed by atoms with E-state index in [1.54, 1.807) is 0 Å². The van der Waals surface area contributed by atoms with Gasteiger partial charge in [0.15, 0.2) is 0 Å². The Labute approximate surface area is 110 Å². The van der Waals surface area contributed by atoms with Gasteiger partial charge in [0.1, 0.15) is 0 Å². The molecule has 1 aliphatic rings.